The van der Waals surface area contributed by atoms with E-state index in [9.17, 15) is 13.2 Å². The highest BCUT2D eigenvalue weighted by molar-refractivity contribution is 4.92. The highest BCUT2D eigenvalue weighted by Crippen LogP contribution is 2.27. The average Bonchev–Trinajstić information content (AvgIpc) is 2.59. The number of nitrogens with zero attached hydrogens (tertiary/aromatic N) is 2. The summed E-state index contributed by atoms with van der Waals surface area (Å²) >= 11 is 0. The van der Waals surface area contributed by atoms with E-state index < -0.39 is 12.1 Å². The van der Waals surface area contributed by atoms with Gasteiger partial charge < -0.3 is 10.2 Å². The van der Waals surface area contributed by atoms with Crippen LogP contribution < -0.4 is 5.32 Å². The highest BCUT2D eigenvalue weighted by atomic mass is 19.4. The third kappa shape index (κ3) is 3.36. The van der Waals surface area contributed by atoms with Gasteiger partial charge >= 0.3 is 6.18 Å². The van der Waals surface area contributed by atoms with Crippen LogP contribution in [0.5, 0.6) is 0 Å². The van der Waals surface area contributed by atoms with Gasteiger partial charge in [0, 0.05) is 19.1 Å². The van der Waals surface area contributed by atoms with Crippen molar-refractivity contribution < 1.29 is 13.2 Å². The van der Waals surface area contributed by atoms with Gasteiger partial charge in [-0.3, -0.25) is 0 Å². The van der Waals surface area contributed by atoms with Crippen molar-refractivity contribution in [2.24, 2.45) is 5.92 Å². The highest BCUT2D eigenvalue weighted by Gasteiger charge is 2.41. The molecule has 0 aromatic heterocycles. The number of nitrogens with one attached hydrogen (secondary N) is 1. The van der Waals surface area contributed by atoms with Crippen LogP contribution in [0.25, 0.3) is 0 Å². The molecule has 15 heavy (non-hydrogen) atoms. The van der Waals surface area contributed by atoms with Gasteiger partial charge in [-0.15, -0.1) is 0 Å². The molecule has 0 radical (unpaired) electrons. The molecule has 1 aliphatic rings. The van der Waals surface area contributed by atoms with E-state index in [1.54, 1.807) is 11.9 Å². The molecule has 1 aliphatic heterocycles. The number of likely N-dealkylation sites (tertiary alicyclic amines) is 1. The van der Waals surface area contributed by atoms with E-state index in [1.165, 1.54) is 6.07 Å². The predicted molar refractivity (Wildman–Crippen MR) is 49.1 cm³/mol. The molecule has 0 saturated carbocycles. The Balaban J connectivity index is 2.45. The summed E-state index contributed by atoms with van der Waals surface area (Å²) < 4.78 is 36.9. The molecule has 0 spiro atoms. The van der Waals surface area contributed by atoms with Crippen LogP contribution in [-0.4, -0.2) is 43.8 Å². The Morgan fingerprint density at radius 3 is 2.67 bits per heavy atom. The summed E-state index contributed by atoms with van der Waals surface area (Å²) in [6.45, 7) is 1.00. The fourth-order valence-electron chi connectivity index (χ4n) is 1.71. The van der Waals surface area contributed by atoms with Crippen molar-refractivity contribution in [1.82, 2.24) is 10.2 Å². The van der Waals surface area contributed by atoms with Crippen molar-refractivity contribution in [2.45, 2.75) is 18.6 Å². The van der Waals surface area contributed by atoms with Gasteiger partial charge in [0.05, 0.1) is 6.07 Å². The lowest BCUT2D eigenvalue weighted by atomic mass is 10.1. The lowest BCUT2D eigenvalue weighted by Gasteiger charge is -2.20. The van der Waals surface area contributed by atoms with Gasteiger partial charge in [-0.2, -0.15) is 18.4 Å². The predicted octanol–water partition coefficient (Wildman–Crippen LogP) is 0.982. The number of alkyl halides is 3. The van der Waals surface area contributed by atoms with Crippen molar-refractivity contribution in [3.63, 3.8) is 0 Å². The van der Waals surface area contributed by atoms with Crippen LogP contribution in [0.3, 0.4) is 0 Å². The third-order valence-electron chi connectivity index (χ3n) is 2.67. The van der Waals surface area contributed by atoms with Gasteiger partial charge in [-0.25, -0.2) is 0 Å². The van der Waals surface area contributed by atoms with Crippen molar-refractivity contribution >= 4 is 0 Å². The Morgan fingerprint density at radius 2 is 2.27 bits per heavy atom. The van der Waals surface area contributed by atoms with Crippen molar-refractivity contribution in [1.29, 1.82) is 5.26 Å². The molecule has 3 nitrogen and oxygen atoms in total. The first-order valence-corrected chi connectivity index (χ1v) is 4.83. The number of likely N-dealkylation sites (N-methyl/N-ethyl adjacent to an activating group) is 1. The monoisotopic (exact) mass is 221 g/mol. The Hall–Kier alpha value is -0.800. The minimum atomic E-state index is -4.41. The SMILES string of the molecule is CNC1CCN(CC(C#N)C(F)(F)F)C1. The quantitative estimate of drug-likeness (QED) is 0.772. The summed E-state index contributed by atoms with van der Waals surface area (Å²) in [4.78, 5) is 1.68. The molecule has 0 aromatic carbocycles. The Bertz CT molecular complexity index is 246. The topological polar surface area (TPSA) is 39.1 Å². The zero-order valence-corrected chi connectivity index (χ0v) is 8.51. The number of hydrogen-bond donors (Lipinski definition) is 1. The minimum absolute atomic E-state index is 0.210. The first-order chi connectivity index (χ1) is 6.97. The van der Waals surface area contributed by atoms with E-state index in [1.807, 2.05) is 0 Å². The van der Waals surface area contributed by atoms with Gasteiger partial charge in [0.15, 0.2) is 5.92 Å². The molecule has 6 heteroatoms. The Morgan fingerprint density at radius 1 is 1.60 bits per heavy atom. The van der Waals surface area contributed by atoms with Crippen LogP contribution in [0, 0.1) is 17.2 Å². The molecule has 1 heterocycles. The fraction of sp³-hybridized carbons (Fsp3) is 0.889. The molecular weight excluding hydrogens is 207 g/mol. The van der Waals surface area contributed by atoms with E-state index in [-0.39, 0.29) is 12.6 Å². The summed E-state index contributed by atoms with van der Waals surface area (Å²) in [7, 11) is 1.79. The van der Waals surface area contributed by atoms with Crippen LogP contribution in [0.4, 0.5) is 13.2 Å². The maximum absolute atomic E-state index is 12.3. The van der Waals surface area contributed by atoms with Crippen LogP contribution >= 0.6 is 0 Å². The molecular formula is C9H14F3N3. The smallest absolute Gasteiger partial charge is 0.316 e. The van der Waals surface area contributed by atoms with Crippen LogP contribution in [0.15, 0.2) is 0 Å². The second-order valence-corrected chi connectivity index (χ2v) is 3.76. The van der Waals surface area contributed by atoms with Crippen molar-refractivity contribution in [3.05, 3.63) is 0 Å². The number of nitriles is 1. The van der Waals surface area contributed by atoms with Crippen LogP contribution in [0.1, 0.15) is 6.42 Å². The molecule has 2 unspecified atom stereocenters. The maximum Gasteiger partial charge on any atom is 0.405 e. The molecule has 0 aliphatic carbocycles. The van der Waals surface area contributed by atoms with Gasteiger partial charge in [-0.05, 0) is 20.0 Å². The van der Waals surface area contributed by atoms with Crippen LogP contribution in [-0.2, 0) is 0 Å². The largest absolute Gasteiger partial charge is 0.405 e. The summed E-state index contributed by atoms with van der Waals surface area (Å²) in [6.07, 6.45) is -3.57. The van der Waals surface area contributed by atoms with Crippen LogP contribution in [0.2, 0.25) is 0 Å². The zero-order chi connectivity index (χ0) is 11.5. The molecule has 0 amide bonds. The first-order valence-electron chi connectivity index (χ1n) is 4.83. The molecule has 1 N–H and O–H groups in total. The van der Waals surface area contributed by atoms with E-state index in [0.29, 0.717) is 13.1 Å². The maximum atomic E-state index is 12.3. The molecule has 0 aromatic rings. The normalized spacial score (nSPS) is 25.1. The van der Waals surface area contributed by atoms with Gasteiger partial charge in [-0.1, -0.05) is 0 Å². The first kappa shape index (κ1) is 12.3. The second-order valence-electron chi connectivity index (χ2n) is 3.76. The molecule has 2 atom stereocenters. The summed E-state index contributed by atoms with van der Waals surface area (Å²) in [5, 5.41) is 11.5. The minimum Gasteiger partial charge on any atom is -0.316 e. The van der Waals surface area contributed by atoms with Crippen molar-refractivity contribution in [3.8, 4) is 6.07 Å². The molecule has 86 valence electrons. The summed E-state index contributed by atoms with van der Waals surface area (Å²) in [5.41, 5.74) is 0. The lowest BCUT2D eigenvalue weighted by Crippen LogP contribution is -2.36. The van der Waals surface area contributed by atoms with E-state index in [4.69, 9.17) is 5.26 Å². The van der Waals surface area contributed by atoms with Gasteiger partial charge in [0.1, 0.15) is 0 Å². The standard InChI is InChI=1S/C9H14F3N3/c1-14-8-2-3-15(6-8)5-7(4-13)9(10,11)12/h7-8,14H,2-3,5-6H2,1H3. The fourth-order valence-corrected chi connectivity index (χ4v) is 1.71. The summed E-state index contributed by atoms with van der Waals surface area (Å²) in [5.74, 6) is -1.87. The number of hydrogen-bond acceptors (Lipinski definition) is 3. The van der Waals surface area contributed by atoms with Crippen molar-refractivity contribution in [2.75, 3.05) is 26.7 Å². The van der Waals surface area contributed by atoms with Gasteiger partial charge in [0.2, 0.25) is 0 Å². The van der Waals surface area contributed by atoms with E-state index >= 15 is 0 Å². The van der Waals surface area contributed by atoms with E-state index in [2.05, 4.69) is 5.32 Å². The molecule has 1 rings (SSSR count). The Kier molecular flexibility index (Phi) is 3.94. The molecule has 1 fully saturated rings. The lowest BCUT2D eigenvalue weighted by molar-refractivity contribution is -0.162. The Labute approximate surface area is 86.9 Å². The molecule has 1 saturated heterocycles. The number of halogens is 3. The third-order valence-corrected chi connectivity index (χ3v) is 2.67. The number of rotatable bonds is 3. The summed E-state index contributed by atoms with van der Waals surface area (Å²) in [6, 6.07) is 1.56. The van der Waals surface area contributed by atoms with Gasteiger partial charge in [0.25, 0.3) is 0 Å². The molecule has 0 bridgehead atoms. The zero-order valence-electron chi connectivity index (χ0n) is 8.51. The van der Waals surface area contributed by atoms with E-state index in [0.717, 1.165) is 6.42 Å². The average molecular weight is 221 g/mol. The second kappa shape index (κ2) is 4.81.